The summed E-state index contributed by atoms with van der Waals surface area (Å²) in [6.07, 6.45) is 1.49. The van der Waals surface area contributed by atoms with Gasteiger partial charge in [0.25, 0.3) is 0 Å². The highest BCUT2D eigenvalue weighted by Gasteiger charge is 2.47. The van der Waals surface area contributed by atoms with Gasteiger partial charge < -0.3 is 10.8 Å². The molecule has 76 valence electrons. The van der Waals surface area contributed by atoms with Crippen molar-refractivity contribution in [2.45, 2.75) is 37.3 Å². The van der Waals surface area contributed by atoms with Crippen LogP contribution in [0.4, 0.5) is 0 Å². The van der Waals surface area contributed by atoms with E-state index in [9.17, 15) is 5.11 Å². The standard InChI is InChI=1S/C12H17NO/c1-9(10-5-3-2-4-6-10)11(14)12(13)7-8-12/h2-6,9,11,14H,7-8,13H2,1H3. The number of aliphatic hydroxyl groups excluding tert-OH is 1. The minimum Gasteiger partial charge on any atom is -0.391 e. The summed E-state index contributed by atoms with van der Waals surface area (Å²) in [7, 11) is 0. The van der Waals surface area contributed by atoms with Gasteiger partial charge in [0, 0.05) is 11.5 Å². The van der Waals surface area contributed by atoms with E-state index in [2.05, 4.69) is 0 Å². The predicted molar refractivity (Wildman–Crippen MR) is 57.0 cm³/mol. The lowest BCUT2D eigenvalue weighted by molar-refractivity contribution is 0.110. The van der Waals surface area contributed by atoms with E-state index in [1.54, 1.807) is 0 Å². The number of rotatable bonds is 3. The fraction of sp³-hybridized carbons (Fsp3) is 0.500. The monoisotopic (exact) mass is 191 g/mol. The molecule has 2 unspecified atom stereocenters. The number of hydrogen-bond donors (Lipinski definition) is 2. The van der Waals surface area contributed by atoms with E-state index in [0.29, 0.717) is 0 Å². The molecule has 0 aromatic heterocycles. The van der Waals surface area contributed by atoms with Crippen molar-refractivity contribution in [1.82, 2.24) is 0 Å². The molecule has 1 aromatic carbocycles. The summed E-state index contributed by atoms with van der Waals surface area (Å²) in [5, 5.41) is 10.0. The highest BCUT2D eigenvalue weighted by molar-refractivity contribution is 5.23. The van der Waals surface area contributed by atoms with Gasteiger partial charge in [-0.05, 0) is 18.4 Å². The van der Waals surface area contributed by atoms with Crippen LogP contribution >= 0.6 is 0 Å². The third kappa shape index (κ3) is 1.68. The quantitative estimate of drug-likeness (QED) is 0.763. The third-order valence-corrected chi connectivity index (χ3v) is 3.22. The van der Waals surface area contributed by atoms with Gasteiger partial charge in [-0.25, -0.2) is 0 Å². The SMILES string of the molecule is CC(c1ccccc1)C(O)C1(N)CC1. The zero-order valence-corrected chi connectivity index (χ0v) is 8.48. The number of benzene rings is 1. The van der Waals surface area contributed by atoms with Gasteiger partial charge in [-0.3, -0.25) is 0 Å². The van der Waals surface area contributed by atoms with Crippen molar-refractivity contribution in [3.05, 3.63) is 35.9 Å². The highest BCUT2D eigenvalue weighted by Crippen LogP contribution is 2.41. The summed E-state index contributed by atoms with van der Waals surface area (Å²) in [5.74, 6) is 0.128. The molecule has 1 aromatic rings. The molecule has 0 saturated heterocycles. The van der Waals surface area contributed by atoms with Crippen LogP contribution < -0.4 is 5.73 Å². The first kappa shape index (κ1) is 9.69. The first-order valence-electron chi connectivity index (χ1n) is 5.15. The summed E-state index contributed by atoms with van der Waals surface area (Å²) in [4.78, 5) is 0. The Balaban J connectivity index is 2.12. The number of aliphatic hydroxyl groups is 1. The molecule has 1 aliphatic rings. The Morgan fingerprint density at radius 2 is 1.86 bits per heavy atom. The lowest BCUT2D eigenvalue weighted by Gasteiger charge is -2.24. The van der Waals surface area contributed by atoms with E-state index in [1.165, 1.54) is 0 Å². The van der Waals surface area contributed by atoms with E-state index >= 15 is 0 Å². The molecule has 1 aliphatic carbocycles. The maximum atomic E-state index is 10.0. The van der Waals surface area contributed by atoms with Crippen molar-refractivity contribution in [1.29, 1.82) is 0 Å². The molecule has 0 radical (unpaired) electrons. The van der Waals surface area contributed by atoms with Crippen molar-refractivity contribution < 1.29 is 5.11 Å². The van der Waals surface area contributed by atoms with Gasteiger partial charge in [0.05, 0.1) is 6.10 Å². The van der Waals surface area contributed by atoms with E-state index in [-0.39, 0.29) is 11.5 Å². The molecule has 0 amide bonds. The normalized spacial score (nSPS) is 22.8. The minimum atomic E-state index is -0.412. The summed E-state index contributed by atoms with van der Waals surface area (Å²) < 4.78 is 0. The van der Waals surface area contributed by atoms with Crippen molar-refractivity contribution in [3.63, 3.8) is 0 Å². The fourth-order valence-corrected chi connectivity index (χ4v) is 1.88. The van der Waals surface area contributed by atoms with Crippen molar-refractivity contribution in [2.75, 3.05) is 0 Å². The van der Waals surface area contributed by atoms with Crippen LogP contribution in [0.15, 0.2) is 30.3 Å². The molecule has 0 spiro atoms. The Morgan fingerprint density at radius 3 is 2.36 bits per heavy atom. The van der Waals surface area contributed by atoms with Crippen LogP contribution in [-0.4, -0.2) is 16.7 Å². The first-order valence-corrected chi connectivity index (χ1v) is 5.15. The average Bonchev–Trinajstić information content (AvgIpc) is 2.97. The highest BCUT2D eigenvalue weighted by atomic mass is 16.3. The van der Waals surface area contributed by atoms with Crippen LogP contribution in [0.25, 0.3) is 0 Å². The topological polar surface area (TPSA) is 46.2 Å². The predicted octanol–water partition coefficient (Wildman–Crippen LogP) is 1.64. The van der Waals surface area contributed by atoms with Gasteiger partial charge >= 0.3 is 0 Å². The summed E-state index contributed by atoms with van der Waals surface area (Å²) >= 11 is 0. The molecule has 0 bridgehead atoms. The summed E-state index contributed by atoms with van der Waals surface area (Å²) in [5.41, 5.74) is 6.83. The first-order chi connectivity index (χ1) is 6.63. The summed E-state index contributed by atoms with van der Waals surface area (Å²) in [6, 6.07) is 10.1. The molecule has 0 heterocycles. The second-order valence-corrected chi connectivity index (χ2v) is 4.38. The van der Waals surface area contributed by atoms with Crippen LogP contribution in [0.3, 0.4) is 0 Å². The second kappa shape index (κ2) is 3.37. The van der Waals surface area contributed by atoms with Crippen molar-refractivity contribution in [2.24, 2.45) is 5.73 Å². The molecular formula is C12H17NO. The van der Waals surface area contributed by atoms with Crippen LogP contribution in [0.5, 0.6) is 0 Å². The van der Waals surface area contributed by atoms with Gasteiger partial charge in [0.15, 0.2) is 0 Å². The number of hydrogen-bond acceptors (Lipinski definition) is 2. The van der Waals surface area contributed by atoms with Gasteiger partial charge in [0.1, 0.15) is 0 Å². The Bertz CT molecular complexity index is 305. The third-order valence-electron chi connectivity index (χ3n) is 3.22. The van der Waals surface area contributed by atoms with E-state index in [1.807, 2.05) is 37.3 Å². The fourth-order valence-electron chi connectivity index (χ4n) is 1.88. The van der Waals surface area contributed by atoms with E-state index in [4.69, 9.17) is 5.73 Å². The van der Waals surface area contributed by atoms with Gasteiger partial charge in [0.2, 0.25) is 0 Å². The molecule has 2 heteroatoms. The molecule has 14 heavy (non-hydrogen) atoms. The zero-order chi connectivity index (χ0) is 10.2. The smallest absolute Gasteiger partial charge is 0.0785 e. The Hall–Kier alpha value is -0.860. The lowest BCUT2D eigenvalue weighted by atomic mass is 9.90. The molecule has 2 rings (SSSR count). The van der Waals surface area contributed by atoms with Crippen LogP contribution in [0, 0.1) is 0 Å². The zero-order valence-electron chi connectivity index (χ0n) is 8.48. The Kier molecular flexibility index (Phi) is 2.33. The number of nitrogens with two attached hydrogens (primary N) is 1. The lowest BCUT2D eigenvalue weighted by Crippen LogP contribution is -2.40. The van der Waals surface area contributed by atoms with E-state index < -0.39 is 6.10 Å². The second-order valence-electron chi connectivity index (χ2n) is 4.38. The minimum absolute atomic E-state index is 0.128. The van der Waals surface area contributed by atoms with Gasteiger partial charge in [-0.2, -0.15) is 0 Å². The van der Waals surface area contributed by atoms with Crippen molar-refractivity contribution in [3.8, 4) is 0 Å². The molecule has 3 N–H and O–H groups in total. The Labute approximate surface area is 84.7 Å². The Morgan fingerprint density at radius 1 is 1.29 bits per heavy atom. The maximum Gasteiger partial charge on any atom is 0.0785 e. The van der Waals surface area contributed by atoms with Crippen LogP contribution in [0.1, 0.15) is 31.2 Å². The molecule has 0 aliphatic heterocycles. The largest absolute Gasteiger partial charge is 0.391 e. The van der Waals surface area contributed by atoms with Gasteiger partial charge in [-0.15, -0.1) is 0 Å². The maximum absolute atomic E-state index is 10.0. The molecular weight excluding hydrogens is 174 g/mol. The molecule has 1 saturated carbocycles. The van der Waals surface area contributed by atoms with Crippen LogP contribution in [-0.2, 0) is 0 Å². The van der Waals surface area contributed by atoms with Crippen molar-refractivity contribution >= 4 is 0 Å². The average molecular weight is 191 g/mol. The molecule has 1 fully saturated rings. The van der Waals surface area contributed by atoms with E-state index in [0.717, 1.165) is 18.4 Å². The summed E-state index contributed by atoms with van der Waals surface area (Å²) in [6.45, 7) is 2.03. The molecule has 2 atom stereocenters. The van der Waals surface area contributed by atoms with Gasteiger partial charge in [-0.1, -0.05) is 37.3 Å². The molecule has 2 nitrogen and oxygen atoms in total. The van der Waals surface area contributed by atoms with Crippen LogP contribution in [0.2, 0.25) is 0 Å².